The number of hydrogen-bond acceptors (Lipinski definition) is 3. The molecule has 0 aromatic heterocycles. The minimum absolute atomic E-state index is 0.0736. The SMILES string of the molecule is CCCCCCCCCOC(=O)CS.CCCCCCC[CH2][Sn][CH2]CCCCCCC. The van der Waals surface area contributed by atoms with Crippen LogP contribution in [0.4, 0.5) is 0 Å². The van der Waals surface area contributed by atoms with Gasteiger partial charge in [0.25, 0.3) is 0 Å². The second kappa shape index (κ2) is 32.8. The van der Waals surface area contributed by atoms with Crippen molar-refractivity contribution in [2.75, 3.05) is 12.4 Å². The predicted octanol–water partition coefficient (Wildman–Crippen LogP) is 9.46. The van der Waals surface area contributed by atoms with Gasteiger partial charge in [0, 0.05) is 0 Å². The van der Waals surface area contributed by atoms with Gasteiger partial charge in [0.1, 0.15) is 0 Å². The Morgan fingerprint density at radius 3 is 1.32 bits per heavy atom. The normalized spacial score (nSPS) is 10.6. The standard InChI is InChI=1S/C11H22O2S.2C8H17.Sn/c1-2-3-4-5-6-7-8-9-13-11(12)10-14;2*1-3-5-7-8-6-4-2;/h14H,2-10H2,1H3;2*1,3-8H2,2H3;. The van der Waals surface area contributed by atoms with Gasteiger partial charge in [0.15, 0.2) is 0 Å². The molecule has 2 nitrogen and oxygen atoms in total. The van der Waals surface area contributed by atoms with Crippen LogP contribution in [-0.4, -0.2) is 39.5 Å². The second-order valence-corrected chi connectivity index (χ2v) is 13.4. The van der Waals surface area contributed by atoms with Crippen LogP contribution in [0.2, 0.25) is 8.87 Å². The summed E-state index contributed by atoms with van der Waals surface area (Å²) in [5, 5.41) is 0. The van der Waals surface area contributed by atoms with Crippen LogP contribution >= 0.6 is 12.6 Å². The average molecular weight is 564 g/mol. The number of esters is 1. The van der Waals surface area contributed by atoms with Crippen LogP contribution in [0.5, 0.6) is 0 Å². The van der Waals surface area contributed by atoms with Crippen molar-refractivity contribution in [2.24, 2.45) is 0 Å². The van der Waals surface area contributed by atoms with Gasteiger partial charge in [-0.1, -0.05) is 45.4 Å². The van der Waals surface area contributed by atoms with Crippen molar-refractivity contribution < 1.29 is 9.53 Å². The van der Waals surface area contributed by atoms with Crippen LogP contribution in [0.25, 0.3) is 0 Å². The average Bonchev–Trinajstić information content (AvgIpc) is 2.79. The van der Waals surface area contributed by atoms with Crippen molar-refractivity contribution in [3.8, 4) is 0 Å². The van der Waals surface area contributed by atoms with Gasteiger partial charge >= 0.3 is 127 Å². The Bertz CT molecular complexity index is 312. The van der Waals surface area contributed by atoms with Crippen molar-refractivity contribution in [1.82, 2.24) is 0 Å². The van der Waals surface area contributed by atoms with E-state index in [0.29, 0.717) is 6.61 Å². The van der Waals surface area contributed by atoms with E-state index in [1.165, 1.54) is 103 Å². The summed E-state index contributed by atoms with van der Waals surface area (Å²) in [5.74, 6) is -0.0180. The van der Waals surface area contributed by atoms with Crippen molar-refractivity contribution in [3.63, 3.8) is 0 Å². The quantitative estimate of drug-likeness (QED) is 0.0580. The van der Waals surface area contributed by atoms with Gasteiger partial charge in [-0.2, -0.15) is 12.6 Å². The number of hydrogen-bond donors (Lipinski definition) is 1. The monoisotopic (exact) mass is 564 g/mol. The van der Waals surface area contributed by atoms with Crippen LogP contribution < -0.4 is 0 Å². The van der Waals surface area contributed by atoms with Crippen LogP contribution in [0.3, 0.4) is 0 Å². The van der Waals surface area contributed by atoms with Gasteiger partial charge in [-0.25, -0.2) is 0 Å². The Hall–Kier alpha value is 0.619. The first kappa shape index (κ1) is 33.8. The van der Waals surface area contributed by atoms with E-state index in [2.05, 4.69) is 33.4 Å². The maximum atomic E-state index is 10.7. The zero-order chi connectivity index (χ0) is 23.3. The van der Waals surface area contributed by atoms with Crippen LogP contribution in [0.15, 0.2) is 0 Å². The van der Waals surface area contributed by atoms with Gasteiger partial charge in [-0.15, -0.1) is 0 Å². The molecule has 0 atom stereocenters. The molecule has 0 N–H and O–H groups in total. The molecule has 0 fully saturated rings. The van der Waals surface area contributed by atoms with Crippen molar-refractivity contribution >= 4 is 39.7 Å². The van der Waals surface area contributed by atoms with Gasteiger partial charge in [-0.3, -0.25) is 4.79 Å². The van der Waals surface area contributed by atoms with Gasteiger partial charge in [0.2, 0.25) is 0 Å². The fourth-order valence-electron chi connectivity index (χ4n) is 3.48. The Morgan fingerprint density at radius 2 is 0.935 bits per heavy atom. The van der Waals surface area contributed by atoms with E-state index < -0.39 is 0 Å². The molecule has 0 aromatic carbocycles. The zero-order valence-corrected chi connectivity index (χ0v) is 25.3. The third kappa shape index (κ3) is 35.4. The van der Waals surface area contributed by atoms with Crippen molar-refractivity contribution in [2.45, 2.75) is 152 Å². The van der Waals surface area contributed by atoms with E-state index in [0.717, 1.165) is 6.42 Å². The molecule has 0 aliphatic rings. The van der Waals surface area contributed by atoms with E-state index in [1.807, 2.05) is 0 Å². The van der Waals surface area contributed by atoms with E-state index in [-0.39, 0.29) is 32.9 Å². The second-order valence-electron chi connectivity index (χ2n) is 8.79. The molecule has 0 unspecified atom stereocenters. The molecule has 0 spiro atoms. The summed E-state index contributed by atoms with van der Waals surface area (Å²) in [5.41, 5.74) is 0. The summed E-state index contributed by atoms with van der Waals surface area (Å²) in [6, 6.07) is 0. The molecule has 0 amide bonds. The van der Waals surface area contributed by atoms with Crippen molar-refractivity contribution in [3.05, 3.63) is 0 Å². The van der Waals surface area contributed by atoms with Crippen LogP contribution in [0, 0.1) is 0 Å². The number of unbranched alkanes of at least 4 members (excludes halogenated alkanes) is 16. The molecule has 0 aliphatic carbocycles. The van der Waals surface area contributed by atoms with E-state index in [4.69, 9.17) is 4.74 Å². The Balaban J connectivity index is 0. The Kier molecular flexibility index (Phi) is 35.7. The fraction of sp³-hybridized carbons (Fsp3) is 0.963. The minimum atomic E-state index is -0.209. The predicted molar refractivity (Wildman–Crippen MR) is 145 cm³/mol. The Labute approximate surface area is 212 Å². The summed E-state index contributed by atoms with van der Waals surface area (Å²) in [6.45, 7) is 7.38. The first-order valence-corrected chi connectivity index (χ1v) is 18.4. The fourth-order valence-corrected chi connectivity index (χ4v) is 7.14. The molecular weight excluding hydrogens is 507 g/mol. The zero-order valence-electron chi connectivity index (χ0n) is 21.5. The molecule has 0 heterocycles. The third-order valence-corrected chi connectivity index (χ3v) is 9.85. The topological polar surface area (TPSA) is 26.3 Å². The van der Waals surface area contributed by atoms with E-state index in [1.54, 1.807) is 21.7 Å². The maximum absolute atomic E-state index is 10.7. The molecule has 0 aromatic rings. The summed E-state index contributed by atoms with van der Waals surface area (Å²) < 4.78 is 8.22. The first-order valence-electron chi connectivity index (χ1n) is 13.7. The molecule has 2 radical (unpaired) electrons. The van der Waals surface area contributed by atoms with Gasteiger partial charge < -0.3 is 4.74 Å². The molecule has 0 saturated carbocycles. The molecule has 31 heavy (non-hydrogen) atoms. The number of carbonyl (C=O) groups is 1. The van der Waals surface area contributed by atoms with Gasteiger partial charge in [0.05, 0.1) is 12.4 Å². The van der Waals surface area contributed by atoms with Crippen LogP contribution in [-0.2, 0) is 9.53 Å². The van der Waals surface area contributed by atoms with E-state index >= 15 is 0 Å². The number of thiol groups is 1. The van der Waals surface area contributed by atoms with E-state index in [9.17, 15) is 4.79 Å². The molecule has 4 heteroatoms. The summed E-state index contributed by atoms with van der Waals surface area (Å²) >= 11 is 3.90. The third-order valence-electron chi connectivity index (χ3n) is 5.55. The number of rotatable bonds is 23. The molecule has 0 bridgehead atoms. The molecular formula is C27H56O2SSn. The van der Waals surface area contributed by atoms with Crippen molar-refractivity contribution in [1.29, 1.82) is 0 Å². The molecule has 0 rings (SSSR count). The number of carbonyl (C=O) groups excluding carboxylic acids is 1. The summed E-state index contributed by atoms with van der Waals surface area (Å²) in [4.78, 5) is 10.7. The van der Waals surface area contributed by atoms with Gasteiger partial charge in [-0.05, 0) is 6.42 Å². The summed E-state index contributed by atoms with van der Waals surface area (Å²) in [7, 11) is 0. The molecule has 0 aliphatic heterocycles. The van der Waals surface area contributed by atoms with Crippen LogP contribution in [0.1, 0.15) is 143 Å². The molecule has 186 valence electrons. The summed E-state index contributed by atoms with van der Waals surface area (Å²) in [6.07, 6.45) is 26.5. The molecule has 0 saturated heterocycles. The first-order chi connectivity index (χ1) is 15.2. The Morgan fingerprint density at radius 1 is 0.581 bits per heavy atom. The number of ether oxygens (including phenoxy) is 1.